The van der Waals surface area contributed by atoms with E-state index in [1.54, 1.807) is 24.0 Å². The summed E-state index contributed by atoms with van der Waals surface area (Å²) in [5.74, 6) is 0.536. The molecule has 104 valence electrons. The second-order valence-electron chi connectivity index (χ2n) is 5.27. The van der Waals surface area contributed by atoms with Crippen LogP contribution in [0.3, 0.4) is 0 Å². The number of nitrogens with two attached hydrogens (primary N) is 1. The average Bonchev–Trinajstić information content (AvgIpc) is 3.26. The molecule has 1 aliphatic carbocycles. The van der Waals surface area contributed by atoms with Crippen molar-refractivity contribution in [2.75, 3.05) is 10.6 Å². The molecule has 0 atom stereocenters. The summed E-state index contributed by atoms with van der Waals surface area (Å²) in [5.41, 5.74) is 7.55. The minimum atomic E-state index is -0.0464. The van der Waals surface area contributed by atoms with Crippen LogP contribution >= 0.6 is 0 Å². The van der Waals surface area contributed by atoms with Gasteiger partial charge in [0.05, 0.1) is 0 Å². The van der Waals surface area contributed by atoms with Crippen molar-refractivity contribution in [1.29, 1.82) is 0 Å². The summed E-state index contributed by atoms with van der Waals surface area (Å²) >= 11 is 0. The third-order valence-corrected chi connectivity index (χ3v) is 3.59. The van der Waals surface area contributed by atoms with Crippen LogP contribution in [0.2, 0.25) is 0 Å². The molecule has 1 aromatic heterocycles. The Balaban J connectivity index is 1.91. The largest absolute Gasteiger partial charge is 0.399 e. The molecule has 1 aliphatic rings. The molecule has 5 heteroatoms. The quantitative estimate of drug-likeness (QED) is 0.856. The van der Waals surface area contributed by atoms with Crippen molar-refractivity contribution in [3.05, 3.63) is 52.6 Å². The van der Waals surface area contributed by atoms with Crippen molar-refractivity contribution >= 4 is 11.5 Å². The molecule has 5 nitrogen and oxygen atoms in total. The van der Waals surface area contributed by atoms with E-state index in [2.05, 4.69) is 9.88 Å². The summed E-state index contributed by atoms with van der Waals surface area (Å²) in [7, 11) is 1.75. The van der Waals surface area contributed by atoms with E-state index in [-0.39, 0.29) is 5.56 Å². The zero-order chi connectivity index (χ0) is 14.1. The molecule has 1 saturated carbocycles. The predicted octanol–water partition coefficient (Wildman–Crippen LogP) is 1.53. The van der Waals surface area contributed by atoms with Crippen molar-refractivity contribution < 1.29 is 0 Å². The number of anilines is 2. The molecule has 0 spiro atoms. The van der Waals surface area contributed by atoms with Crippen LogP contribution in [0.5, 0.6) is 0 Å². The molecule has 0 bridgehead atoms. The number of nitrogens with zero attached hydrogens (tertiary/aromatic N) is 3. The van der Waals surface area contributed by atoms with E-state index in [0.717, 1.165) is 24.1 Å². The zero-order valence-corrected chi connectivity index (χ0v) is 11.5. The smallest absolute Gasteiger partial charge is 0.293 e. The Morgan fingerprint density at radius 2 is 2.05 bits per heavy atom. The van der Waals surface area contributed by atoms with E-state index in [0.29, 0.717) is 18.4 Å². The van der Waals surface area contributed by atoms with E-state index in [9.17, 15) is 4.79 Å². The first kappa shape index (κ1) is 12.7. The van der Waals surface area contributed by atoms with Gasteiger partial charge in [0.25, 0.3) is 5.56 Å². The van der Waals surface area contributed by atoms with E-state index < -0.39 is 0 Å². The molecular weight excluding hydrogens is 252 g/mol. The van der Waals surface area contributed by atoms with Gasteiger partial charge in [-0.2, -0.15) is 0 Å². The van der Waals surface area contributed by atoms with Crippen molar-refractivity contribution in [3.8, 4) is 0 Å². The van der Waals surface area contributed by atoms with Crippen molar-refractivity contribution in [3.63, 3.8) is 0 Å². The van der Waals surface area contributed by atoms with Crippen LogP contribution in [0, 0.1) is 0 Å². The van der Waals surface area contributed by atoms with Gasteiger partial charge in [-0.15, -0.1) is 0 Å². The van der Waals surface area contributed by atoms with Crippen LogP contribution in [0.4, 0.5) is 11.5 Å². The molecule has 0 amide bonds. The lowest BCUT2D eigenvalue weighted by molar-refractivity contribution is 0.742. The molecule has 0 unspecified atom stereocenters. The Hall–Kier alpha value is -2.30. The average molecular weight is 270 g/mol. The Labute approximate surface area is 117 Å². The lowest BCUT2D eigenvalue weighted by Crippen LogP contribution is -2.33. The molecule has 1 fully saturated rings. The minimum absolute atomic E-state index is 0.0464. The lowest BCUT2D eigenvalue weighted by Gasteiger charge is -2.23. The Morgan fingerprint density at radius 3 is 2.70 bits per heavy atom. The highest BCUT2D eigenvalue weighted by Crippen LogP contribution is 2.30. The van der Waals surface area contributed by atoms with Crippen LogP contribution in [-0.4, -0.2) is 15.6 Å². The summed E-state index contributed by atoms with van der Waals surface area (Å²) in [6.07, 6.45) is 5.60. The number of rotatable bonds is 4. The van der Waals surface area contributed by atoms with E-state index in [1.165, 1.54) is 0 Å². The molecule has 0 aliphatic heterocycles. The van der Waals surface area contributed by atoms with Gasteiger partial charge in [0, 0.05) is 37.7 Å². The van der Waals surface area contributed by atoms with Gasteiger partial charge in [0.15, 0.2) is 5.82 Å². The summed E-state index contributed by atoms with van der Waals surface area (Å²) in [5, 5.41) is 0. The number of aryl methyl sites for hydroxylation is 1. The van der Waals surface area contributed by atoms with Crippen LogP contribution in [0.1, 0.15) is 18.4 Å². The number of benzene rings is 1. The van der Waals surface area contributed by atoms with E-state index >= 15 is 0 Å². The maximum atomic E-state index is 12.2. The second-order valence-corrected chi connectivity index (χ2v) is 5.27. The van der Waals surface area contributed by atoms with Gasteiger partial charge in [-0.25, -0.2) is 4.98 Å². The predicted molar refractivity (Wildman–Crippen MR) is 79.5 cm³/mol. The fourth-order valence-electron chi connectivity index (χ4n) is 2.26. The molecule has 2 aromatic rings. The third kappa shape index (κ3) is 2.52. The van der Waals surface area contributed by atoms with Crippen LogP contribution in [0.25, 0.3) is 0 Å². The molecule has 3 rings (SSSR count). The summed E-state index contributed by atoms with van der Waals surface area (Å²) in [6.45, 7) is 0.692. The highest BCUT2D eigenvalue weighted by Gasteiger charge is 2.31. The number of aromatic nitrogens is 2. The summed E-state index contributed by atoms with van der Waals surface area (Å²) < 4.78 is 1.57. The van der Waals surface area contributed by atoms with Gasteiger partial charge >= 0.3 is 0 Å². The maximum Gasteiger partial charge on any atom is 0.293 e. The van der Waals surface area contributed by atoms with Gasteiger partial charge < -0.3 is 15.2 Å². The molecule has 0 radical (unpaired) electrons. The van der Waals surface area contributed by atoms with E-state index in [4.69, 9.17) is 5.73 Å². The SMILES string of the molecule is Cn1ccnc(N(Cc2ccc(N)cc2)C2CC2)c1=O. The number of nitrogen functional groups attached to an aromatic ring is 1. The number of hydrogen-bond donors (Lipinski definition) is 1. The molecule has 1 heterocycles. The van der Waals surface area contributed by atoms with Gasteiger partial charge in [0.2, 0.25) is 0 Å². The van der Waals surface area contributed by atoms with Crippen LogP contribution in [0.15, 0.2) is 41.5 Å². The van der Waals surface area contributed by atoms with E-state index in [1.807, 2.05) is 24.3 Å². The highest BCUT2D eigenvalue weighted by molar-refractivity contribution is 5.43. The Bertz CT molecular complexity index is 658. The highest BCUT2D eigenvalue weighted by atomic mass is 16.1. The molecule has 1 aromatic carbocycles. The second kappa shape index (κ2) is 5.00. The number of hydrogen-bond acceptors (Lipinski definition) is 4. The van der Waals surface area contributed by atoms with Gasteiger partial charge in [-0.05, 0) is 30.5 Å². The summed E-state index contributed by atoms with van der Waals surface area (Å²) in [4.78, 5) is 18.6. The van der Waals surface area contributed by atoms with Gasteiger partial charge in [0.1, 0.15) is 0 Å². The molecule has 0 saturated heterocycles. The third-order valence-electron chi connectivity index (χ3n) is 3.59. The Kier molecular flexibility index (Phi) is 3.18. The monoisotopic (exact) mass is 270 g/mol. The zero-order valence-electron chi connectivity index (χ0n) is 11.5. The standard InChI is InChI=1S/C15H18N4O/c1-18-9-8-17-14(15(18)20)19(13-6-7-13)10-11-2-4-12(16)5-3-11/h2-5,8-9,13H,6-7,10,16H2,1H3. The fraction of sp³-hybridized carbons (Fsp3) is 0.333. The first-order valence-electron chi connectivity index (χ1n) is 6.78. The maximum absolute atomic E-state index is 12.2. The van der Waals surface area contributed by atoms with Crippen LogP contribution < -0.4 is 16.2 Å². The summed E-state index contributed by atoms with van der Waals surface area (Å²) in [6, 6.07) is 8.19. The van der Waals surface area contributed by atoms with Crippen molar-refractivity contribution in [2.24, 2.45) is 7.05 Å². The first-order chi connectivity index (χ1) is 9.65. The first-order valence-corrected chi connectivity index (χ1v) is 6.78. The van der Waals surface area contributed by atoms with Gasteiger partial charge in [-0.3, -0.25) is 4.79 Å². The van der Waals surface area contributed by atoms with Gasteiger partial charge in [-0.1, -0.05) is 12.1 Å². The Morgan fingerprint density at radius 1 is 1.35 bits per heavy atom. The minimum Gasteiger partial charge on any atom is -0.399 e. The molecular formula is C15H18N4O. The topological polar surface area (TPSA) is 64.2 Å². The fourth-order valence-corrected chi connectivity index (χ4v) is 2.26. The molecule has 20 heavy (non-hydrogen) atoms. The molecule has 2 N–H and O–H groups in total. The van der Waals surface area contributed by atoms with Crippen molar-refractivity contribution in [2.45, 2.75) is 25.4 Å². The van der Waals surface area contributed by atoms with Crippen LogP contribution in [-0.2, 0) is 13.6 Å². The normalized spacial score (nSPS) is 14.2. The van der Waals surface area contributed by atoms with Crippen molar-refractivity contribution in [1.82, 2.24) is 9.55 Å². The lowest BCUT2D eigenvalue weighted by atomic mass is 10.2.